The predicted molar refractivity (Wildman–Crippen MR) is 89.5 cm³/mol. The summed E-state index contributed by atoms with van der Waals surface area (Å²) in [6, 6.07) is 0.553. The zero-order chi connectivity index (χ0) is 15.9. The van der Waals surface area contributed by atoms with Gasteiger partial charge in [0, 0.05) is 25.7 Å². The third-order valence-electron chi connectivity index (χ3n) is 3.43. The number of likely N-dealkylation sites (tertiary alicyclic amines) is 1. The molecule has 0 spiro atoms. The SMILES string of the molecule is CCC1CCCCN1C(=S)NCCNC(=O)OC(C)(C)C. The third-order valence-corrected chi connectivity index (χ3v) is 3.81. The Morgan fingerprint density at radius 1 is 1.29 bits per heavy atom. The second kappa shape index (κ2) is 8.41. The molecule has 1 unspecified atom stereocenters. The van der Waals surface area contributed by atoms with Crippen molar-refractivity contribution in [3.8, 4) is 0 Å². The lowest BCUT2D eigenvalue weighted by molar-refractivity contribution is 0.0528. The number of carbonyl (C=O) groups is 1. The van der Waals surface area contributed by atoms with E-state index >= 15 is 0 Å². The van der Waals surface area contributed by atoms with Crippen molar-refractivity contribution in [1.29, 1.82) is 0 Å². The summed E-state index contributed by atoms with van der Waals surface area (Å²) < 4.78 is 5.17. The molecule has 1 aliphatic rings. The number of nitrogens with zero attached hydrogens (tertiary/aromatic N) is 1. The summed E-state index contributed by atoms with van der Waals surface area (Å²) in [5, 5.41) is 6.74. The van der Waals surface area contributed by atoms with Gasteiger partial charge >= 0.3 is 6.09 Å². The van der Waals surface area contributed by atoms with Crippen LogP contribution in [0.25, 0.3) is 0 Å². The fraction of sp³-hybridized carbons (Fsp3) is 0.867. The summed E-state index contributed by atoms with van der Waals surface area (Å²) in [5.41, 5.74) is -0.463. The molecule has 2 N–H and O–H groups in total. The van der Waals surface area contributed by atoms with Gasteiger partial charge in [0.15, 0.2) is 5.11 Å². The van der Waals surface area contributed by atoms with E-state index in [0.717, 1.165) is 18.1 Å². The molecule has 1 aliphatic heterocycles. The predicted octanol–water partition coefficient (Wildman–Crippen LogP) is 2.65. The number of hydrogen-bond acceptors (Lipinski definition) is 3. The van der Waals surface area contributed by atoms with Crippen molar-refractivity contribution in [3.63, 3.8) is 0 Å². The van der Waals surface area contributed by atoms with Gasteiger partial charge in [0.25, 0.3) is 0 Å². The number of thiocarbonyl (C=S) groups is 1. The Hall–Kier alpha value is -1.04. The van der Waals surface area contributed by atoms with E-state index in [-0.39, 0.29) is 6.09 Å². The molecule has 0 aromatic rings. The van der Waals surface area contributed by atoms with Gasteiger partial charge in [0.1, 0.15) is 5.60 Å². The lowest BCUT2D eigenvalue weighted by Gasteiger charge is -2.37. The number of piperidine rings is 1. The molecule has 1 saturated heterocycles. The summed E-state index contributed by atoms with van der Waals surface area (Å²) in [7, 11) is 0. The number of hydrogen-bond donors (Lipinski definition) is 2. The van der Waals surface area contributed by atoms with Crippen molar-refractivity contribution in [3.05, 3.63) is 0 Å². The first-order valence-corrected chi connectivity index (χ1v) is 8.25. The van der Waals surface area contributed by atoms with Crippen LogP contribution in [-0.2, 0) is 4.74 Å². The monoisotopic (exact) mass is 315 g/mol. The van der Waals surface area contributed by atoms with Crippen LogP contribution in [0.1, 0.15) is 53.4 Å². The highest BCUT2D eigenvalue weighted by molar-refractivity contribution is 7.80. The van der Waals surface area contributed by atoms with Gasteiger partial charge in [0.05, 0.1) is 0 Å². The first-order valence-electron chi connectivity index (χ1n) is 7.85. The van der Waals surface area contributed by atoms with Gasteiger partial charge in [-0.15, -0.1) is 0 Å². The van der Waals surface area contributed by atoms with Gasteiger partial charge in [-0.3, -0.25) is 0 Å². The van der Waals surface area contributed by atoms with Crippen LogP contribution in [-0.4, -0.2) is 47.4 Å². The number of alkyl carbamates (subject to hydrolysis) is 1. The zero-order valence-electron chi connectivity index (χ0n) is 13.7. The summed E-state index contributed by atoms with van der Waals surface area (Å²) in [6.45, 7) is 9.90. The minimum atomic E-state index is -0.463. The van der Waals surface area contributed by atoms with E-state index in [1.165, 1.54) is 19.3 Å². The lowest BCUT2D eigenvalue weighted by Crippen LogP contribution is -2.49. The fourth-order valence-electron chi connectivity index (χ4n) is 2.44. The van der Waals surface area contributed by atoms with Gasteiger partial charge in [-0.1, -0.05) is 6.92 Å². The zero-order valence-corrected chi connectivity index (χ0v) is 14.5. The average molecular weight is 315 g/mol. The fourth-order valence-corrected chi connectivity index (χ4v) is 2.78. The summed E-state index contributed by atoms with van der Waals surface area (Å²) in [5.74, 6) is 0. The molecule has 0 radical (unpaired) electrons. The van der Waals surface area contributed by atoms with Crippen LogP contribution in [0.4, 0.5) is 4.79 Å². The first kappa shape index (κ1) is 18.0. The third kappa shape index (κ3) is 6.98. The van der Waals surface area contributed by atoms with Gasteiger partial charge < -0.3 is 20.3 Å². The normalized spacial score (nSPS) is 19.0. The largest absolute Gasteiger partial charge is 0.444 e. The van der Waals surface area contributed by atoms with E-state index in [4.69, 9.17) is 17.0 Å². The van der Waals surface area contributed by atoms with E-state index in [2.05, 4.69) is 22.5 Å². The quantitative estimate of drug-likeness (QED) is 0.617. The van der Waals surface area contributed by atoms with Crippen molar-refractivity contribution in [2.45, 2.75) is 65.0 Å². The Morgan fingerprint density at radius 2 is 1.95 bits per heavy atom. The molecule has 122 valence electrons. The second-order valence-corrected chi connectivity index (χ2v) is 6.80. The summed E-state index contributed by atoms with van der Waals surface area (Å²) >= 11 is 5.45. The van der Waals surface area contributed by atoms with Crippen LogP contribution >= 0.6 is 12.2 Å². The first-order chi connectivity index (χ1) is 9.83. The highest BCUT2D eigenvalue weighted by Crippen LogP contribution is 2.19. The second-order valence-electron chi connectivity index (χ2n) is 6.41. The van der Waals surface area contributed by atoms with E-state index in [0.29, 0.717) is 19.1 Å². The highest BCUT2D eigenvalue weighted by atomic mass is 32.1. The molecule has 0 aromatic heterocycles. The molecular formula is C15H29N3O2S. The Kier molecular flexibility index (Phi) is 7.22. The molecule has 1 heterocycles. The maximum absolute atomic E-state index is 11.5. The van der Waals surface area contributed by atoms with E-state index in [1.54, 1.807) is 0 Å². The number of carbonyl (C=O) groups excluding carboxylic acids is 1. The van der Waals surface area contributed by atoms with Crippen LogP contribution < -0.4 is 10.6 Å². The average Bonchev–Trinajstić information content (AvgIpc) is 2.41. The molecular weight excluding hydrogens is 286 g/mol. The number of ether oxygens (including phenoxy) is 1. The van der Waals surface area contributed by atoms with Gasteiger partial charge in [0.2, 0.25) is 0 Å². The van der Waals surface area contributed by atoms with E-state index < -0.39 is 5.60 Å². The highest BCUT2D eigenvalue weighted by Gasteiger charge is 2.22. The van der Waals surface area contributed by atoms with Crippen LogP contribution in [0.3, 0.4) is 0 Å². The summed E-state index contributed by atoms with van der Waals surface area (Å²) in [4.78, 5) is 13.8. The van der Waals surface area contributed by atoms with Crippen molar-refractivity contribution in [2.75, 3.05) is 19.6 Å². The molecule has 21 heavy (non-hydrogen) atoms. The Bertz CT molecular complexity index is 355. The number of nitrogens with one attached hydrogen (secondary N) is 2. The Morgan fingerprint density at radius 3 is 2.57 bits per heavy atom. The van der Waals surface area contributed by atoms with Crippen LogP contribution in [0.15, 0.2) is 0 Å². The molecule has 1 atom stereocenters. The van der Waals surface area contributed by atoms with Crippen LogP contribution in [0.5, 0.6) is 0 Å². The number of rotatable bonds is 4. The van der Waals surface area contributed by atoms with Crippen LogP contribution in [0, 0.1) is 0 Å². The lowest BCUT2D eigenvalue weighted by atomic mass is 10.0. The summed E-state index contributed by atoms with van der Waals surface area (Å²) in [6.07, 6.45) is 4.44. The number of amides is 1. The van der Waals surface area contributed by atoms with Crippen molar-refractivity contribution in [1.82, 2.24) is 15.5 Å². The van der Waals surface area contributed by atoms with E-state index in [9.17, 15) is 4.79 Å². The van der Waals surface area contributed by atoms with E-state index in [1.807, 2.05) is 20.8 Å². The Balaban J connectivity index is 2.22. The maximum Gasteiger partial charge on any atom is 0.407 e. The molecule has 1 fully saturated rings. The Labute approximate surface area is 133 Å². The molecule has 1 rings (SSSR count). The standard InChI is InChI=1S/C15H29N3O2S/c1-5-12-8-6-7-11-18(12)13(21)16-9-10-17-14(19)20-15(2,3)4/h12H,5-11H2,1-4H3,(H,16,21)(H,17,19). The maximum atomic E-state index is 11.5. The molecule has 0 aliphatic carbocycles. The molecule has 0 saturated carbocycles. The van der Waals surface area contributed by atoms with Crippen molar-refractivity contribution < 1.29 is 9.53 Å². The van der Waals surface area contributed by atoms with Gasteiger partial charge in [-0.2, -0.15) is 0 Å². The van der Waals surface area contributed by atoms with Gasteiger partial charge in [-0.25, -0.2) is 4.79 Å². The van der Waals surface area contributed by atoms with Crippen molar-refractivity contribution in [2.24, 2.45) is 0 Å². The topological polar surface area (TPSA) is 53.6 Å². The van der Waals surface area contributed by atoms with Crippen molar-refractivity contribution >= 4 is 23.4 Å². The smallest absolute Gasteiger partial charge is 0.407 e. The molecule has 5 nitrogen and oxygen atoms in total. The minimum Gasteiger partial charge on any atom is -0.444 e. The van der Waals surface area contributed by atoms with Gasteiger partial charge in [-0.05, 0) is 58.7 Å². The molecule has 0 aromatic carbocycles. The molecule has 6 heteroatoms. The minimum absolute atomic E-state index is 0.389. The molecule has 0 bridgehead atoms. The molecule has 1 amide bonds. The van der Waals surface area contributed by atoms with Crippen LogP contribution in [0.2, 0.25) is 0 Å².